The summed E-state index contributed by atoms with van der Waals surface area (Å²) >= 11 is 0. The molecule has 3 aromatic carbocycles. The first-order valence-corrected chi connectivity index (χ1v) is 15.2. The first-order chi connectivity index (χ1) is 21.5. The Kier molecular flexibility index (Phi) is 7.43. The molecule has 3 aromatic heterocycles. The number of nitrogens with one attached hydrogen (secondary N) is 1. The van der Waals surface area contributed by atoms with Crippen LogP contribution in [0.25, 0.3) is 33.5 Å². The molecule has 6 aromatic rings. The number of ether oxygens (including phenoxy) is 1. The Morgan fingerprint density at radius 1 is 0.955 bits per heavy atom. The Labute approximate surface area is 254 Å². The van der Waals surface area contributed by atoms with Gasteiger partial charge in [0.1, 0.15) is 5.39 Å². The summed E-state index contributed by atoms with van der Waals surface area (Å²) in [5, 5.41) is 3.44. The van der Waals surface area contributed by atoms with Gasteiger partial charge in [0.2, 0.25) is 11.7 Å². The summed E-state index contributed by atoms with van der Waals surface area (Å²) in [5.74, 6) is 0.439. The monoisotopic (exact) mass is 591 g/mol. The van der Waals surface area contributed by atoms with Crippen molar-refractivity contribution in [2.24, 2.45) is 0 Å². The highest BCUT2D eigenvalue weighted by Gasteiger charge is 2.21. The fraction of sp³-hybridized carbons (Fsp3) is 0.294. The molecule has 0 bridgehead atoms. The maximum Gasteiger partial charge on any atom is 0.270 e. The second-order valence-electron chi connectivity index (χ2n) is 11.4. The molecule has 0 amide bonds. The predicted molar refractivity (Wildman–Crippen MR) is 171 cm³/mol. The number of nitrogens with zero attached hydrogens (tertiary/aromatic N) is 6. The summed E-state index contributed by atoms with van der Waals surface area (Å²) in [6.07, 6.45) is 6.18. The molecule has 9 nitrogen and oxygen atoms in total. The summed E-state index contributed by atoms with van der Waals surface area (Å²) in [4.78, 5) is 30.5. The van der Waals surface area contributed by atoms with Gasteiger partial charge in [0.05, 0.1) is 23.3 Å². The van der Waals surface area contributed by atoms with E-state index in [-0.39, 0.29) is 17.3 Å². The maximum atomic E-state index is 15.0. The Morgan fingerprint density at radius 3 is 2.55 bits per heavy atom. The third-order valence-corrected chi connectivity index (χ3v) is 8.33. The van der Waals surface area contributed by atoms with E-state index >= 15 is 0 Å². The smallest absolute Gasteiger partial charge is 0.270 e. The summed E-state index contributed by atoms with van der Waals surface area (Å²) in [5.41, 5.74) is 4.86. The number of para-hydroxylation sites is 3. The molecule has 1 aliphatic heterocycles. The molecule has 1 aliphatic rings. The zero-order valence-corrected chi connectivity index (χ0v) is 24.9. The average molecular weight is 592 g/mol. The predicted octanol–water partition coefficient (Wildman–Crippen LogP) is 6.34. The summed E-state index contributed by atoms with van der Waals surface area (Å²) in [6, 6.07) is 18.3. The second kappa shape index (κ2) is 11.7. The molecule has 44 heavy (non-hydrogen) atoms. The third-order valence-electron chi connectivity index (χ3n) is 8.33. The number of hydrogen-bond donors (Lipinski definition) is 1. The van der Waals surface area contributed by atoms with E-state index < -0.39 is 5.82 Å². The molecule has 0 atom stereocenters. The van der Waals surface area contributed by atoms with Crippen molar-refractivity contribution in [1.29, 1.82) is 0 Å². The van der Waals surface area contributed by atoms with Crippen LogP contribution in [0.3, 0.4) is 0 Å². The molecule has 10 heteroatoms. The van der Waals surface area contributed by atoms with Crippen molar-refractivity contribution in [3.05, 3.63) is 94.2 Å². The molecule has 0 aliphatic carbocycles. The molecule has 0 radical (unpaired) electrons. The lowest BCUT2D eigenvalue weighted by atomic mass is 10.1. The lowest BCUT2D eigenvalue weighted by Crippen LogP contribution is -2.31. The van der Waals surface area contributed by atoms with E-state index in [4.69, 9.17) is 14.7 Å². The van der Waals surface area contributed by atoms with Crippen molar-refractivity contribution in [3.63, 3.8) is 0 Å². The molecule has 1 N–H and O–H groups in total. The van der Waals surface area contributed by atoms with Gasteiger partial charge in [0, 0.05) is 24.5 Å². The summed E-state index contributed by atoms with van der Waals surface area (Å²) in [7, 11) is 0. The van der Waals surface area contributed by atoms with Crippen LogP contribution in [0, 0.1) is 19.7 Å². The zero-order chi connectivity index (χ0) is 30.2. The van der Waals surface area contributed by atoms with Crippen molar-refractivity contribution in [2.45, 2.75) is 39.5 Å². The van der Waals surface area contributed by atoms with E-state index in [0.29, 0.717) is 29.1 Å². The molecule has 1 saturated heterocycles. The van der Waals surface area contributed by atoms with Gasteiger partial charge < -0.3 is 15.0 Å². The van der Waals surface area contributed by atoms with Crippen LogP contribution >= 0.6 is 0 Å². The number of hydrogen-bond acceptors (Lipinski definition) is 7. The van der Waals surface area contributed by atoms with Crippen LogP contribution in [0.1, 0.15) is 36.8 Å². The van der Waals surface area contributed by atoms with Gasteiger partial charge in [-0.05, 0) is 81.6 Å². The number of halogens is 1. The number of aromatic nitrogens is 5. The van der Waals surface area contributed by atoms with Crippen molar-refractivity contribution >= 4 is 39.5 Å². The van der Waals surface area contributed by atoms with Gasteiger partial charge in [0.25, 0.3) is 5.56 Å². The highest BCUT2D eigenvalue weighted by molar-refractivity contribution is 5.88. The van der Waals surface area contributed by atoms with E-state index in [0.717, 1.165) is 53.9 Å². The van der Waals surface area contributed by atoms with Gasteiger partial charge in [0.15, 0.2) is 17.2 Å². The molecule has 7 rings (SSSR count). The van der Waals surface area contributed by atoms with Crippen LogP contribution in [0.4, 0.5) is 16.0 Å². The normalized spacial score (nSPS) is 14.1. The third kappa shape index (κ3) is 5.15. The van der Waals surface area contributed by atoms with E-state index in [1.165, 1.54) is 31.5 Å². The minimum Gasteiger partial charge on any atom is -0.490 e. The van der Waals surface area contributed by atoms with E-state index in [2.05, 4.69) is 15.2 Å². The van der Waals surface area contributed by atoms with Crippen molar-refractivity contribution < 1.29 is 9.13 Å². The second-order valence-corrected chi connectivity index (χ2v) is 11.4. The number of anilines is 2. The number of benzene rings is 3. The lowest BCUT2D eigenvalue weighted by Gasteiger charge is -2.26. The minimum atomic E-state index is -0.465. The molecule has 0 spiro atoms. The topological polar surface area (TPSA) is 89.6 Å². The Balaban J connectivity index is 1.21. The van der Waals surface area contributed by atoms with Gasteiger partial charge in [-0.1, -0.05) is 36.8 Å². The Morgan fingerprint density at radius 2 is 1.75 bits per heavy atom. The molecule has 0 unspecified atom stereocenters. The van der Waals surface area contributed by atoms with Crippen LogP contribution in [0.5, 0.6) is 5.75 Å². The SMILES string of the molecule is Cc1cccc(C)c1-n1c(=O)c2cnc(Nc3ccc(OCCCN4CCCCC4)c(F)c3)nc2n2c3ccccc3nc12. The van der Waals surface area contributed by atoms with E-state index in [1.807, 2.05) is 60.7 Å². The number of likely N-dealkylation sites (tertiary alicyclic amines) is 1. The lowest BCUT2D eigenvalue weighted by molar-refractivity contribution is 0.203. The number of aryl methyl sites for hydroxylation is 2. The molecular formula is C34H34FN7O2. The summed E-state index contributed by atoms with van der Waals surface area (Å²) in [6.45, 7) is 7.66. The van der Waals surface area contributed by atoms with Gasteiger partial charge in [-0.25, -0.2) is 18.9 Å². The van der Waals surface area contributed by atoms with Crippen LogP contribution in [0.15, 0.2) is 71.7 Å². The Bertz CT molecular complexity index is 2040. The van der Waals surface area contributed by atoms with Crippen molar-refractivity contribution in [1.82, 2.24) is 28.8 Å². The molecule has 1 fully saturated rings. The van der Waals surface area contributed by atoms with Gasteiger partial charge in [-0.2, -0.15) is 4.98 Å². The number of rotatable bonds is 8. The van der Waals surface area contributed by atoms with Gasteiger partial charge in [-0.3, -0.25) is 9.20 Å². The van der Waals surface area contributed by atoms with Gasteiger partial charge in [-0.15, -0.1) is 0 Å². The molecule has 0 saturated carbocycles. The molecular weight excluding hydrogens is 557 g/mol. The zero-order valence-electron chi connectivity index (χ0n) is 24.9. The highest BCUT2D eigenvalue weighted by Crippen LogP contribution is 2.27. The largest absolute Gasteiger partial charge is 0.490 e. The molecule has 224 valence electrons. The van der Waals surface area contributed by atoms with E-state index in [1.54, 1.807) is 16.7 Å². The fourth-order valence-corrected chi connectivity index (χ4v) is 6.18. The fourth-order valence-electron chi connectivity index (χ4n) is 6.18. The number of imidazole rings is 1. The summed E-state index contributed by atoms with van der Waals surface area (Å²) < 4.78 is 24.2. The first-order valence-electron chi connectivity index (χ1n) is 15.2. The van der Waals surface area contributed by atoms with Crippen LogP contribution < -0.4 is 15.6 Å². The van der Waals surface area contributed by atoms with E-state index in [9.17, 15) is 9.18 Å². The minimum absolute atomic E-state index is 0.215. The average Bonchev–Trinajstić information content (AvgIpc) is 3.41. The van der Waals surface area contributed by atoms with Crippen molar-refractivity contribution in [2.75, 3.05) is 31.6 Å². The van der Waals surface area contributed by atoms with Crippen LogP contribution in [0.2, 0.25) is 0 Å². The molecule has 4 heterocycles. The van der Waals surface area contributed by atoms with Crippen LogP contribution in [-0.2, 0) is 0 Å². The maximum absolute atomic E-state index is 15.0. The first kappa shape index (κ1) is 28.0. The van der Waals surface area contributed by atoms with Crippen molar-refractivity contribution in [3.8, 4) is 11.4 Å². The quantitative estimate of drug-likeness (QED) is 0.207. The standard InChI is InChI=1S/C34H34FN7O2/c1-22-10-8-11-23(2)30(22)42-32(43)25-21-36-33(39-31(25)41-28-13-5-4-12-27(28)38-34(41)42)37-24-14-15-29(26(35)20-24)44-19-9-18-40-16-6-3-7-17-40/h4-5,8,10-15,20-21H,3,6-7,9,16-19H2,1-2H3,(H,36,37,39). The number of fused-ring (bicyclic) bond motifs is 5. The number of piperidine rings is 1. The highest BCUT2D eigenvalue weighted by atomic mass is 19.1. The van der Waals surface area contributed by atoms with Crippen LogP contribution in [-0.4, -0.2) is 55.1 Å². The Hall–Kier alpha value is -4.83. The van der Waals surface area contributed by atoms with Gasteiger partial charge >= 0.3 is 0 Å².